The summed E-state index contributed by atoms with van der Waals surface area (Å²) in [6.07, 6.45) is 0. The average Bonchev–Trinajstić information content (AvgIpc) is 2.57. The van der Waals surface area contributed by atoms with Gasteiger partial charge in [0.15, 0.2) is 0 Å². The van der Waals surface area contributed by atoms with Crippen molar-refractivity contribution < 1.29 is 13.2 Å². The number of amides is 1. The predicted molar refractivity (Wildman–Crippen MR) is 99.1 cm³/mol. The Labute approximate surface area is 151 Å². The maximum Gasteiger partial charge on any atom is 0.243 e. The molecule has 0 bridgehead atoms. The van der Waals surface area contributed by atoms with E-state index in [-0.39, 0.29) is 5.91 Å². The number of benzene rings is 1. The van der Waals surface area contributed by atoms with Gasteiger partial charge in [0.25, 0.3) is 0 Å². The van der Waals surface area contributed by atoms with E-state index >= 15 is 0 Å². The van der Waals surface area contributed by atoms with Crippen LogP contribution >= 0.6 is 0 Å². The van der Waals surface area contributed by atoms with E-state index in [0.717, 1.165) is 27.8 Å². The van der Waals surface area contributed by atoms with E-state index in [1.807, 2.05) is 34.6 Å². The first-order chi connectivity index (χ1) is 11.5. The van der Waals surface area contributed by atoms with Crippen molar-refractivity contribution in [3.63, 3.8) is 0 Å². The molecule has 1 amide bonds. The molecule has 25 heavy (non-hydrogen) atoms. The van der Waals surface area contributed by atoms with E-state index in [4.69, 9.17) is 5.73 Å². The van der Waals surface area contributed by atoms with Crippen molar-refractivity contribution in [1.82, 2.24) is 9.21 Å². The summed E-state index contributed by atoms with van der Waals surface area (Å²) in [5, 5.41) is 0. The van der Waals surface area contributed by atoms with Gasteiger partial charge in [-0.3, -0.25) is 4.79 Å². The first-order valence-corrected chi connectivity index (χ1v) is 10.1. The first kappa shape index (κ1) is 19.9. The fraction of sp³-hybridized carbons (Fsp3) is 0.611. The second-order valence-corrected chi connectivity index (χ2v) is 8.85. The number of hydrogen-bond donors (Lipinski definition) is 1. The summed E-state index contributed by atoms with van der Waals surface area (Å²) in [6.45, 7) is 12.7. The zero-order valence-electron chi connectivity index (χ0n) is 16.0. The number of hydrogen-bond acceptors (Lipinski definition) is 4. The van der Waals surface area contributed by atoms with Crippen LogP contribution in [0.5, 0.6) is 0 Å². The number of nitrogens with zero attached hydrogens (tertiary/aromatic N) is 2. The van der Waals surface area contributed by atoms with E-state index in [1.165, 1.54) is 4.31 Å². The standard InChI is InChI=1S/C18H29N3O3S/c1-11-12(2)14(4)17(15(5)13(11)3)25(23,24)21-9-7-20(8-10-21)18(22)16(6)19/h16H,7-10,19H2,1-6H3. The molecule has 2 rings (SSSR count). The van der Waals surface area contributed by atoms with E-state index in [1.54, 1.807) is 11.8 Å². The third-order valence-electron chi connectivity index (χ3n) is 5.47. The van der Waals surface area contributed by atoms with Crippen molar-refractivity contribution in [2.45, 2.75) is 52.5 Å². The van der Waals surface area contributed by atoms with Crippen LogP contribution in [0.25, 0.3) is 0 Å². The molecule has 0 saturated carbocycles. The van der Waals surface area contributed by atoms with Crippen LogP contribution in [0, 0.1) is 34.6 Å². The molecule has 1 aromatic rings. The maximum absolute atomic E-state index is 13.3. The quantitative estimate of drug-likeness (QED) is 0.875. The van der Waals surface area contributed by atoms with E-state index < -0.39 is 16.1 Å². The average molecular weight is 368 g/mol. The molecule has 0 aromatic heterocycles. The van der Waals surface area contributed by atoms with Crippen molar-refractivity contribution in [3.8, 4) is 0 Å². The van der Waals surface area contributed by atoms with Crippen molar-refractivity contribution in [3.05, 3.63) is 27.8 Å². The minimum atomic E-state index is -3.59. The van der Waals surface area contributed by atoms with Gasteiger partial charge < -0.3 is 10.6 Å². The number of nitrogens with two attached hydrogens (primary N) is 1. The molecule has 2 N–H and O–H groups in total. The van der Waals surface area contributed by atoms with Crippen molar-refractivity contribution in [2.24, 2.45) is 5.73 Å². The normalized spacial score (nSPS) is 17.6. The summed E-state index contributed by atoms with van der Waals surface area (Å²) >= 11 is 0. The van der Waals surface area contributed by atoms with Crippen LogP contribution in [-0.2, 0) is 14.8 Å². The maximum atomic E-state index is 13.3. The molecule has 140 valence electrons. The van der Waals surface area contributed by atoms with Crippen LogP contribution in [0.4, 0.5) is 0 Å². The van der Waals surface area contributed by atoms with Crippen LogP contribution in [0.3, 0.4) is 0 Å². The van der Waals surface area contributed by atoms with Crippen LogP contribution in [0.1, 0.15) is 34.7 Å². The molecular weight excluding hydrogens is 338 g/mol. The van der Waals surface area contributed by atoms with E-state index in [2.05, 4.69) is 0 Å². The second-order valence-electron chi connectivity index (χ2n) is 6.97. The lowest BCUT2D eigenvalue weighted by molar-refractivity contribution is -0.133. The van der Waals surface area contributed by atoms with Gasteiger partial charge in [-0.05, 0) is 69.4 Å². The summed E-state index contributed by atoms with van der Waals surface area (Å²) in [5.74, 6) is -0.133. The highest BCUT2D eigenvalue weighted by molar-refractivity contribution is 7.89. The van der Waals surface area contributed by atoms with E-state index in [9.17, 15) is 13.2 Å². The Bertz CT molecular complexity index is 763. The van der Waals surface area contributed by atoms with Gasteiger partial charge in [-0.2, -0.15) is 4.31 Å². The Morgan fingerprint density at radius 2 is 1.28 bits per heavy atom. The van der Waals surface area contributed by atoms with Gasteiger partial charge >= 0.3 is 0 Å². The Balaban J connectivity index is 2.35. The van der Waals surface area contributed by atoms with Gasteiger partial charge in [-0.25, -0.2) is 8.42 Å². The number of carbonyl (C=O) groups is 1. The number of rotatable bonds is 3. The smallest absolute Gasteiger partial charge is 0.243 e. The minimum absolute atomic E-state index is 0.133. The fourth-order valence-corrected chi connectivity index (χ4v) is 5.40. The third kappa shape index (κ3) is 3.45. The molecule has 1 heterocycles. The molecule has 1 aliphatic rings. The molecule has 1 unspecified atom stereocenters. The monoisotopic (exact) mass is 367 g/mol. The van der Waals surface area contributed by atoms with Crippen LogP contribution < -0.4 is 5.73 Å². The summed E-state index contributed by atoms with van der Waals surface area (Å²) in [4.78, 5) is 14.0. The summed E-state index contributed by atoms with van der Waals surface area (Å²) < 4.78 is 28.0. The fourth-order valence-electron chi connectivity index (χ4n) is 3.42. The highest BCUT2D eigenvalue weighted by Crippen LogP contribution is 2.31. The molecule has 7 heteroatoms. The lowest BCUT2D eigenvalue weighted by Crippen LogP contribution is -2.53. The third-order valence-corrected chi connectivity index (χ3v) is 7.64. The molecular formula is C18H29N3O3S. The van der Waals surface area contributed by atoms with Crippen molar-refractivity contribution in [1.29, 1.82) is 0 Å². The molecule has 1 saturated heterocycles. The second kappa shape index (κ2) is 7.05. The number of piperazine rings is 1. The molecule has 0 aliphatic carbocycles. The zero-order chi connectivity index (χ0) is 19.1. The lowest BCUT2D eigenvalue weighted by Gasteiger charge is -2.35. The highest BCUT2D eigenvalue weighted by Gasteiger charge is 2.33. The Kier molecular flexibility index (Phi) is 5.61. The van der Waals surface area contributed by atoms with Crippen molar-refractivity contribution in [2.75, 3.05) is 26.2 Å². The highest BCUT2D eigenvalue weighted by atomic mass is 32.2. The van der Waals surface area contributed by atoms with Gasteiger partial charge in [-0.1, -0.05) is 0 Å². The Morgan fingerprint density at radius 3 is 1.68 bits per heavy atom. The van der Waals surface area contributed by atoms with Crippen LogP contribution in [0.15, 0.2) is 4.90 Å². The molecule has 1 fully saturated rings. The SMILES string of the molecule is Cc1c(C)c(C)c(S(=O)(=O)N2CCN(C(=O)C(C)N)CC2)c(C)c1C. The minimum Gasteiger partial charge on any atom is -0.339 e. The van der Waals surface area contributed by atoms with Gasteiger partial charge in [0.2, 0.25) is 15.9 Å². The zero-order valence-corrected chi connectivity index (χ0v) is 16.8. The number of sulfonamides is 1. The first-order valence-electron chi connectivity index (χ1n) is 8.61. The summed E-state index contributed by atoms with van der Waals surface area (Å²) in [7, 11) is -3.59. The Hall–Kier alpha value is -1.44. The molecule has 0 spiro atoms. The van der Waals surface area contributed by atoms with Gasteiger partial charge in [0.05, 0.1) is 10.9 Å². The topological polar surface area (TPSA) is 83.7 Å². The molecule has 0 radical (unpaired) electrons. The molecule has 6 nitrogen and oxygen atoms in total. The van der Waals surface area contributed by atoms with E-state index in [0.29, 0.717) is 31.1 Å². The summed E-state index contributed by atoms with van der Waals surface area (Å²) in [5.41, 5.74) is 10.5. The number of carbonyl (C=O) groups excluding carboxylic acids is 1. The molecule has 1 atom stereocenters. The van der Waals surface area contributed by atoms with Gasteiger partial charge in [0, 0.05) is 26.2 Å². The Morgan fingerprint density at radius 1 is 0.880 bits per heavy atom. The van der Waals surface area contributed by atoms with Crippen LogP contribution in [0.2, 0.25) is 0 Å². The van der Waals surface area contributed by atoms with Crippen LogP contribution in [-0.4, -0.2) is 55.8 Å². The van der Waals surface area contributed by atoms with Gasteiger partial charge in [0.1, 0.15) is 0 Å². The van der Waals surface area contributed by atoms with Gasteiger partial charge in [-0.15, -0.1) is 0 Å². The lowest BCUT2D eigenvalue weighted by atomic mass is 9.95. The van der Waals surface area contributed by atoms with Crippen molar-refractivity contribution >= 4 is 15.9 Å². The summed E-state index contributed by atoms with van der Waals surface area (Å²) in [6, 6.07) is -0.560. The molecule has 1 aliphatic heterocycles. The largest absolute Gasteiger partial charge is 0.339 e. The molecule has 1 aromatic carbocycles. The predicted octanol–water partition coefficient (Wildman–Crippen LogP) is 1.41.